The summed E-state index contributed by atoms with van der Waals surface area (Å²) < 4.78 is 1.30. The minimum absolute atomic E-state index is 0.0426. The fourth-order valence-corrected chi connectivity index (χ4v) is 2.68. The van der Waals surface area contributed by atoms with Crippen LogP contribution in [0.25, 0.3) is 16.7 Å². The Morgan fingerprint density at radius 3 is 2.48 bits per heavy atom. The summed E-state index contributed by atoms with van der Waals surface area (Å²) in [5, 5.41) is 23.8. The van der Waals surface area contributed by atoms with E-state index in [9.17, 15) is 20.2 Å². The first kappa shape index (κ1) is 16.1. The molecule has 0 bridgehead atoms. The summed E-state index contributed by atoms with van der Waals surface area (Å²) in [6.45, 7) is 1.79. The number of nitrogens with zero attached hydrogens (tertiary/aromatic N) is 4. The predicted molar refractivity (Wildman–Crippen MR) is 93.0 cm³/mol. The molecule has 0 aliphatic heterocycles. The lowest BCUT2D eigenvalue weighted by molar-refractivity contribution is -0.384. The zero-order chi connectivity index (χ0) is 18.1. The number of anilines is 1. The summed E-state index contributed by atoms with van der Waals surface area (Å²) in [6, 6.07) is 11.0. The Kier molecular flexibility index (Phi) is 3.91. The molecule has 0 amide bonds. The molecule has 0 aliphatic carbocycles. The van der Waals surface area contributed by atoms with Crippen molar-refractivity contribution in [2.75, 3.05) is 12.4 Å². The number of nitro benzene ring substituents is 1. The van der Waals surface area contributed by atoms with Gasteiger partial charge in [-0.1, -0.05) is 0 Å². The Bertz CT molecular complexity index is 1090. The molecule has 0 atom stereocenters. The van der Waals surface area contributed by atoms with Crippen molar-refractivity contribution in [1.29, 1.82) is 5.26 Å². The van der Waals surface area contributed by atoms with Crippen molar-refractivity contribution in [3.05, 3.63) is 68.1 Å². The number of hydrogen-bond donors (Lipinski definition) is 1. The third-order valence-electron chi connectivity index (χ3n) is 3.84. The third kappa shape index (κ3) is 2.57. The van der Waals surface area contributed by atoms with Gasteiger partial charge in [0.2, 0.25) is 0 Å². The molecule has 8 nitrogen and oxygen atoms in total. The highest BCUT2D eigenvalue weighted by molar-refractivity contribution is 5.93. The van der Waals surface area contributed by atoms with Crippen LogP contribution in [0, 0.1) is 28.4 Å². The van der Waals surface area contributed by atoms with Gasteiger partial charge < -0.3 is 5.32 Å². The molecule has 2 heterocycles. The largest absolute Gasteiger partial charge is 0.386 e. The molecule has 0 fully saturated rings. The summed E-state index contributed by atoms with van der Waals surface area (Å²) >= 11 is 0. The van der Waals surface area contributed by atoms with Gasteiger partial charge in [0.1, 0.15) is 17.3 Å². The first-order chi connectivity index (χ1) is 12.0. The number of nitro groups is 1. The first-order valence-electron chi connectivity index (χ1n) is 7.37. The molecule has 3 aromatic rings. The van der Waals surface area contributed by atoms with E-state index in [0.717, 1.165) is 0 Å². The normalized spacial score (nSPS) is 10.4. The van der Waals surface area contributed by atoms with Crippen LogP contribution < -0.4 is 10.9 Å². The summed E-state index contributed by atoms with van der Waals surface area (Å²) in [5.74, 6) is 0. The molecule has 1 aromatic carbocycles. The summed E-state index contributed by atoms with van der Waals surface area (Å²) in [7, 11) is 1.63. The Hall–Kier alpha value is -3.73. The zero-order valence-corrected chi connectivity index (χ0v) is 13.5. The summed E-state index contributed by atoms with van der Waals surface area (Å²) in [4.78, 5) is 27.6. The molecule has 124 valence electrons. The van der Waals surface area contributed by atoms with Crippen molar-refractivity contribution in [2.45, 2.75) is 6.92 Å². The number of fused-ring (bicyclic) bond motifs is 1. The van der Waals surface area contributed by atoms with Crippen LogP contribution in [-0.2, 0) is 0 Å². The first-order valence-corrected chi connectivity index (χ1v) is 7.37. The number of aromatic nitrogens is 2. The standard InChI is InChI=1S/C17H13N5O3/c1-10-3-8-13-15(19-2)14(9-18)17(23)21(16(13)20-10)11-4-6-12(7-5-11)22(24)25/h3-8,19H,1-2H3. The topological polar surface area (TPSA) is 114 Å². The molecule has 0 aliphatic rings. The number of benzene rings is 1. The van der Waals surface area contributed by atoms with E-state index in [1.165, 1.54) is 28.8 Å². The van der Waals surface area contributed by atoms with Crippen molar-refractivity contribution < 1.29 is 4.92 Å². The maximum atomic E-state index is 12.9. The number of pyridine rings is 2. The maximum Gasteiger partial charge on any atom is 0.276 e. The van der Waals surface area contributed by atoms with Crippen LogP contribution in [0.4, 0.5) is 11.4 Å². The van der Waals surface area contributed by atoms with E-state index in [2.05, 4.69) is 10.3 Å². The lowest BCUT2D eigenvalue weighted by Gasteiger charge is -2.14. The molecule has 0 unspecified atom stereocenters. The molecule has 1 N–H and O–H groups in total. The summed E-state index contributed by atoms with van der Waals surface area (Å²) in [6.07, 6.45) is 0. The molecule has 3 rings (SSSR count). The Labute approximate surface area is 142 Å². The molecule has 0 saturated carbocycles. The monoisotopic (exact) mass is 335 g/mol. The number of aryl methyl sites for hydroxylation is 1. The van der Waals surface area contributed by atoms with Gasteiger partial charge in [-0.25, -0.2) is 4.98 Å². The van der Waals surface area contributed by atoms with E-state index in [1.54, 1.807) is 26.1 Å². The second-order valence-corrected chi connectivity index (χ2v) is 5.35. The lowest BCUT2D eigenvalue weighted by atomic mass is 10.1. The van der Waals surface area contributed by atoms with Crippen molar-refractivity contribution >= 4 is 22.4 Å². The Balaban J connectivity index is 2.43. The number of nitrogens with one attached hydrogen (secondary N) is 1. The molecule has 25 heavy (non-hydrogen) atoms. The third-order valence-corrected chi connectivity index (χ3v) is 3.84. The molecule has 0 spiro atoms. The predicted octanol–water partition coefficient (Wildman–Crippen LogP) is 2.52. The van der Waals surface area contributed by atoms with Gasteiger partial charge in [-0.05, 0) is 31.2 Å². The zero-order valence-electron chi connectivity index (χ0n) is 13.5. The lowest BCUT2D eigenvalue weighted by Crippen LogP contribution is -2.24. The van der Waals surface area contributed by atoms with Gasteiger partial charge in [0, 0.05) is 30.3 Å². The molecule has 8 heteroatoms. The molecule has 0 saturated heterocycles. The smallest absolute Gasteiger partial charge is 0.276 e. The average Bonchev–Trinajstić information content (AvgIpc) is 2.60. The molecular weight excluding hydrogens is 322 g/mol. The van der Waals surface area contributed by atoms with E-state index >= 15 is 0 Å². The van der Waals surface area contributed by atoms with E-state index in [-0.39, 0.29) is 11.3 Å². The molecule has 0 radical (unpaired) electrons. The Morgan fingerprint density at radius 2 is 1.92 bits per heavy atom. The van der Waals surface area contributed by atoms with Gasteiger partial charge in [-0.3, -0.25) is 19.5 Å². The van der Waals surface area contributed by atoms with Crippen LogP contribution in [0.1, 0.15) is 11.3 Å². The van der Waals surface area contributed by atoms with Crippen molar-refractivity contribution in [3.63, 3.8) is 0 Å². The number of rotatable bonds is 3. The van der Waals surface area contributed by atoms with Crippen molar-refractivity contribution in [1.82, 2.24) is 9.55 Å². The Morgan fingerprint density at radius 1 is 1.24 bits per heavy atom. The SMILES string of the molecule is CNc1c(C#N)c(=O)n(-c2ccc([N+](=O)[O-])cc2)c2nc(C)ccc12. The van der Waals surface area contributed by atoms with E-state index in [0.29, 0.717) is 28.1 Å². The van der Waals surface area contributed by atoms with Crippen molar-refractivity contribution in [2.24, 2.45) is 0 Å². The minimum atomic E-state index is -0.536. The highest BCUT2D eigenvalue weighted by atomic mass is 16.6. The van der Waals surface area contributed by atoms with Gasteiger partial charge in [0.05, 0.1) is 16.3 Å². The van der Waals surface area contributed by atoms with E-state index in [1.807, 2.05) is 6.07 Å². The summed E-state index contributed by atoms with van der Waals surface area (Å²) in [5.41, 5.74) is 1.23. The molecule has 2 aromatic heterocycles. The van der Waals surface area contributed by atoms with Gasteiger partial charge >= 0.3 is 0 Å². The number of hydrogen-bond acceptors (Lipinski definition) is 6. The number of non-ortho nitro benzene ring substituents is 1. The highest BCUT2D eigenvalue weighted by Gasteiger charge is 2.18. The van der Waals surface area contributed by atoms with Crippen LogP contribution in [-0.4, -0.2) is 21.5 Å². The second kappa shape index (κ2) is 6.05. The van der Waals surface area contributed by atoms with Crippen LogP contribution in [0.3, 0.4) is 0 Å². The van der Waals surface area contributed by atoms with E-state index in [4.69, 9.17) is 0 Å². The van der Waals surface area contributed by atoms with Gasteiger partial charge in [0.25, 0.3) is 11.2 Å². The fraction of sp³-hybridized carbons (Fsp3) is 0.118. The van der Waals surface area contributed by atoms with Gasteiger partial charge in [-0.2, -0.15) is 5.26 Å². The molecular formula is C17H13N5O3. The highest BCUT2D eigenvalue weighted by Crippen LogP contribution is 2.26. The second-order valence-electron chi connectivity index (χ2n) is 5.35. The van der Waals surface area contributed by atoms with Crippen LogP contribution in [0.5, 0.6) is 0 Å². The van der Waals surface area contributed by atoms with E-state index < -0.39 is 10.5 Å². The van der Waals surface area contributed by atoms with Gasteiger partial charge in [0.15, 0.2) is 0 Å². The maximum absolute atomic E-state index is 12.9. The van der Waals surface area contributed by atoms with Gasteiger partial charge in [-0.15, -0.1) is 0 Å². The van der Waals surface area contributed by atoms with Crippen LogP contribution in [0.2, 0.25) is 0 Å². The quantitative estimate of drug-likeness (QED) is 0.581. The van der Waals surface area contributed by atoms with Crippen LogP contribution in [0.15, 0.2) is 41.2 Å². The number of nitriles is 1. The van der Waals surface area contributed by atoms with Crippen LogP contribution >= 0.6 is 0 Å². The average molecular weight is 335 g/mol. The fourth-order valence-electron chi connectivity index (χ4n) is 2.68. The minimum Gasteiger partial charge on any atom is -0.386 e. The van der Waals surface area contributed by atoms with Crippen molar-refractivity contribution in [3.8, 4) is 11.8 Å².